The van der Waals surface area contributed by atoms with Crippen molar-refractivity contribution in [1.29, 1.82) is 0 Å². The van der Waals surface area contributed by atoms with Crippen molar-refractivity contribution in [3.05, 3.63) is 0 Å². The van der Waals surface area contributed by atoms with Gasteiger partial charge in [-0.15, -0.1) is 0 Å². The van der Waals surface area contributed by atoms with Crippen molar-refractivity contribution in [2.75, 3.05) is 6.54 Å². The normalized spacial score (nSPS) is 27.0. The zero-order valence-electron chi connectivity index (χ0n) is 7.52. The zero-order valence-corrected chi connectivity index (χ0v) is 7.52. The van der Waals surface area contributed by atoms with Crippen LogP contribution in [-0.4, -0.2) is 12.5 Å². The van der Waals surface area contributed by atoms with Gasteiger partial charge in [0.05, 0.1) is 0 Å². The van der Waals surface area contributed by atoms with Gasteiger partial charge in [-0.3, -0.25) is 0 Å². The minimum Gasteiger partial charge on any atom is -0.330 e. The van der Waals surface area contributed by atoms with Gasteiger partial charge in [0.2, 0.25) is 5.92 Å². The summed E-state index contributed by atoms with van der Waals surface area (Å²) in [5, 5.41) is 0. The second kappa shape index (κ2) is 3.69. The molecule has 0 radical (unpaired) electrons. The summed E-state index contributed by atoms with van der Waals surface area (Å²) in [6.45, 7) is 2.67. The maximum Gasteiger partial charge on any atom is 0.248 e. The predicted octanol–water partition coefficient (Wildman–Crippen LogP) is 2.41. The lowest BCUT2D eigenvalue weighted by atomic mass is 9.79. The Bertz CT molecular complexity index is 137. The van der Waals surface area contributed by atoms with Crippen LogP contribution in [0.5, 0.6) is 0 Å². The monoisotopic (exact) mass is 177 g/mol. The van der Waals surface area contributed by atoms with Crippen molar-refractivity contribution in [2.24, 2.45) is 17.6 Å². The molecule has 72 valence electrons. The molecule has 0 aromatic carbocycles. The van der Waals surface area contributed by atoms with E-state index in [-0.39, 0.29) is 12.8 Å². The zero-order chi connectivity index (χ0) is 9.19. The molecule has 0 aliphatic heterocycles. The Kier molecular flexibility index (Phi) is 3.04. The molecule has 0 aromatic rings. The molecule has 3 heteroatoms. The maximum absolute atomic E-state index is 12.7. The van der Waals surface area contributed by atoms with Crippen molar-refractivity contribution in [3.63, 3.8) is 0 Å². The highest BCUT2D eigenvalue weighted by atomic mass is 19.3. The predicted molar refractivity (Wildman–Crippen MR) is 45.1 cm³/mol. The molecule has 0 amide bonds. The third-order valence-corrected chi connectivity index (χ3v) is 2.94. The van der Waals surface area contributed by atoms with Gasteiger partial charge in [-0.1, -0.05) is 6.92 Å². The van der Waals surface area contributed by atoms with Crippen LogP contribution in [0.4, 0.5) is 8.78 Å². The summed E-state index contributed by atoms with van der Waals surface area (Å²) in [6, 6.07) is 0. The van der Waals surface area contributed by atoms with E-state index in [2.05, 4.69) is 0 Å². The van der Waals surface area contributed by atoms with Gasteiger partial charge in [0, 0.05) is 12.8 Å². The van der Waals surface area contributed by atoms with Crippen LogP contribution in [0.1, 0.15) is 32.6 Å². The van der Waals surface area contributed by atoms with E-state index in [4.69, 9.17) is 5.73 Å². The molecule has 0 bridgehead atoms. The third kappa shape index (κ3) is 2.41. The molecule has 12 heavy (non-hydrogen) atoms. The number of alkyl halides is 2. The van der Waals surface area contributed by atoms with E-state index in [9.17, 15) is 8.78 Å². The lowest BCUT2D eigenvalue weighted by molar-refractivity contribution is -0.0509. The molecule has 0 saturated heterocycles. The number of hydrogen-bond donors (Lipinski definition) is 1. The lowest BCUT2D eigenvalue weighted by Gasteiger charge is -2.31. The lowest BCUT2D eigenvalue weighted by Crippen LogP contribution is -2.30. The number of halogens is 2. The third-order valence-electron chi connectivity index (χ3n) is 2.94. The number of nitrogens with two attached hydrogens (primary N) is 1. The summed E-state index contributed by atoms with van der Waals surface area (Å²) in [5.74, 6) is -1.57. The average Bonchev–Trinajstić information content (AvgIpc) is 2.03. The first-order valence-electron chi connectivity index (χ1n) is 4.63. The first kappa shape index (κ1) is 9.90. The van der Waals surface area contributed by atoms with Gasteiger partial charge in [0.15, 0.2) is 0 Å². The maximum atomic E-state index is 12.7. The largest absolute Gasteiger partial charge is 0.330 e. The summed E-state index contributed by atoms with van der Waals surface area (Å²) in [7, 11) is 0. The van der Waals surface area contributed by atoms with Crippen LogP contribution in [0.3, 0.4) is 0 Å². The van der Waals surface area contributed by atoms with Crippen LogP contribution in [0.25, 0.3) is 0 Å². The van der Waals surface area contributed by atoms with E-state index in [0.29, 0.717) is 31.2 Å². The summed E-state index contributed by atoms with van der Waals surface area (Å²) >= 11 is 0. The fourth-order valence-electron chi connectivity index (χ4n) is 1.82. The van der Waals surface area contributed by atoms with E-state index in [1.54, 1.807) is 0 Å². The van der Waals surface area contributed by atoms with Crippen LogP contribution in [0.15, 0.2) is 0 Å². The minimum absolute atomic E-state index is 0.0575. The van der Waals surface area contributed by atoms with Gasteiger partial charge in [-0.2, -0.15) is 0 Å². The Morgan fingerprint density at radius 3 is 2.33 bits per heavy atom. The van der Waals surface area contributed by atoms with Gasteiger partial charge < -0.3 is 5.73 Å². The van der Waals surface area contributed by atoms with Crippen LogP contribution in [-0.2, 0) is 0 Å². The highest BCUT2D eigenvalue weighted by Crippen LogP contribution is 2.38. The highest BCUT2D eigenvalue weighted by Gasteiger charge is 2.36. The topological polar surface area (TPSA) is 26.0 Å². The second-order valence-corrected chi connectivity index (χ2v) is 3.91. The molecule has 1 atom stereocenters. The van der Waals surface area contributed by atoms with Crippen molar-refractivity contribution in [2.45, 2.75) is 38.5 Å². The van der Waals surface area contributed by atoms with Gasteiger partial charge in [-0.25, -0.2) is 8.78 Å². The van der Waals surface area contributed by atoms with E-state index in [1.807, 2.05) is 6.92 Å². The van der Waals surface area contributed by atoms with Gasteiger partial charge in [-0.05, 0) is 31.2 Å². The van der Waals surface area contributed by atoms with E-state index in [1.165, 1.54) is 0 Å². The molecule has 1 rings (SSSR count). The summed E-state index contributed by atoms with van der Waals surface area (Å²) < 4.78 is 25.4. The first-order chi connectivity index (χ1) is 5.55. The molecule has 0 spiro atoms. The fourth-order valence-corrected chi connectivity index (χ4v) is 1.82. The highest BCUT2D eigenvalue weighted by molar-refractivity contribution is 4.80. The minimum atomic E-state index is -2.40. The molecule has 1 saturated carbocycles. The molecule has 1 fully saturated rings. The molecule has 0 heterocycles. The molecule has 2 N–H and O–H groups in total. The van der Waals surface area contributed by atoms with Crippen molar-refractivity contribution in [3.8, 4) is 0 Å². The van der Waals surface area contributed by atoms with E-state index < -0.39 is 5.92 Å². The van der Waals surface area contributed by atoms with Gasteiger partial charge in [0.25, 0.3) is 0 Å². The van der Waals surface area contributed by atoms with Crippen LogP contribution in [0.2, 0.25) is 0 Å². The Morgan fingerprint density at radius 1 is 1.42 bits per heavy atom. The number of hydrogen-bond acceptors (Lipinski definition) is 1. The standard InChI is InChI=1S/C9H17F2N/c1-7(6-12)8-2-4-9(10,11)5-3-8/h7-8H,2-6,12H2,1H3. The smallest absolute Gasteiger partial charge is 0.248 e. The van der Waals surface area contributed by atoms with Crippen molar-refractivity contribution in [1.82, 2.24) is 0 Å². The summed E-state index contributed by atoms with van der Waals surface area (Å²) in [4.78, 5) is 0. The fraction of sp³-hybridized carbons (Fsp3) is 1.00. The number of rotatable bonds is 2. The molecule has 1 nitrogen and oxygen atoms in total. The Balaban J connectivity index is 2.36. The molecule has 1 unspecified atom stereocenters. The van der Waals surface area contributed by atoms with Crippen molar-refractivity contribution >= 4 is 0 Å². The van der Waals surface area contributed by atoms with E-state index >= 15 is 0 Å². The molecular formula is C9H17F2N. The quantitative estimate of drug-likeness (QED) is 0.688. The van der Waals surface area contributed by atoms with Crippen LogP contribution >= 0.6 is 0 Å². The Labute approximate surface area is 72.3 Å². The Morgan fingerprint density at radius 2 is 1.92 bits per heavy atom. The first-order valence-corrected chi connectivity index (χ1v) is 4.63. The van der Waals surface area contributed by atoms with Crippen LogP contribution < -0.4 is 5.73 Å². The van der Waals surface area contributed by atoms with Gasteiger partial charge >= 0.3 is 0 Å². The van der Waals surface area contributed by atoms with E-state index in [0.717, 1.165) is 0 Å². The SMILES string of the molecule is CC(CN)C1CCC(F)(F)CC1. The molecular weight excluding hydrogens is 160 g/mol. The second-order valence-electron chi connectivity index (χ2n) is 3.91. The average molecular weight is 177 g/mol. The summed E-state index contributed by atoms with van der Waals surface area (Å²) in [6.07, 6.45) is 1.40. The molecule has 0 aromatic heterocycles. The van der Waals surface area contributed by atoms with Crippen LogP contribution in [0, 0.1) is 11.8 Å². The molecule has 1 aliphatic carbocycles. The Hall–Kier alpha value is -0.180. The van der Waals surface area contributed by atoms with Crippen molar-refractivity contribution < 1.29 is 8.78 Å². The van der Waals surface area contributed by atoms with Gasteiger partial charge in [0.1, 0.15) is 0 Å². The molecule has 1 aliphatic rings. The summed E-state index contributed by atoms with van der Waals surface area (Å²) in [5.41, 5.74) is 5.48.